The standard InChI is InChI=1S/C26H32N8OS2/c1-15-11-18(13-27)34(17(15)3)16(2)14-29-9-8-26(25-30-32-33-31-25)19-7-10-36-21(19)5-6-22-20(26)12-23(37-22)24(35)28-4/h7,10,12,15,17-18,29H,2,5-6,8-9,11,14H2,1,3-4H3,(H,28,35)(H,30,31,32,33)/t15-,17?,18?,26?/m0/s1. The van der Waals surface area contributed by atoms with E-state index in [0.29, 0.717) is 36.1 Å². The van der Waals surface area contributed by atoms with Crippen molar-refractivity contribution in [2.24, 2.45) is 5.92 Å². The summed E-state index contributed by atoms with van der Waals surface area (Å²) in [4.78, 5) is 17.9. The maximum absolute atomic E-state index is 12.6. The molecular formula is C26H32N8OS2. The number of aromatic nitrogens is 4. The van der Waals surface area contributed by atoms with E-state index < -0.39 is 5.41 Å². The number of hydrogen-bond acceptors (Lipinski definition) is 9. The van der Waals surface area contributed by atoms with Gasteiger partial charge in [0, 0.05) is 35.1 Å². The highest BCUT2D eigenvalue weighted by molar-refractivity contribution is 7.14. The van der Waals surface area contributed by atoms with Gasteiger partial charge >= 0.3 is 0 Å². The molecule has 2 aliphatic rings. The van der Waals surface area contributed by atoms with E-state index >= 15 is 0 Å². The fourth-order valence-electron chi connectivity index (χ4n) is 5.91. The molecule has 3 N–H and O–H groups in total. The number of aryl methyl sites for hydroxylation is 2. The molecule has 37 heavy (non-hydrogen) atoms. The number of fused-ring (bicyclic) bond motifs is 2. The number of likely N-dealkylation sites (tertiary alicyclic amines) is 1. The molecular weight excluding hydrogens is 504 g/mol. The SMILES string of the molecule is C=C(CNCCC1(c2nn[nH]n2)c2ccsc2CCc2sc(C(=O)NC)cc21)N1C(C#N)C[C@H](C)C1C. The molecule has 3 unspecified atom stereocenters. The lowest BCUT2D eigenvalue weighted by molar-refractivity contribution is 0.0967. The van der Waals surface area contributed by atoms with Gasteiger partial charge in [-0.1, -0.05) is 18.7 Å². The van der Waals surface area contributed by atoms with Crippen LogP contribution in [0.2, 0.25) is 0 Å². The summed E-state index contributed by atoms with van der Waals surface area (Å²) >= 11 is 3.31. The zero-order chi connectivity index (χ0) is 26.2. The molecule has 0 bridgehead atoms. The Morgan fingerprint density at radius 3 is 2.89 bits per heavy atom. The number of carbonyl (C=O) groups excluding carboxylic acids is 1. The van der Waals surface area contributed by atoms with Crippen LogP contribution in [0.5, 0.6) is 0 Å². The van der Waals surface area contributed by atoms with Crippen molar-refractivity contribution in [2.75, 3.05) is 20.1 Å². The first kappa shape index (κ1) is 25.6. The average molecular weight is 537 g/mol. The van der Waals surface area contributed by atoms with Crippen LogP contribution in [0.3, 0.4) is 0 Å². The first-order valence-electron chi connectivity index (χ1n) is 12.6. The fraction of sp³-hybridized carbons (Fsp3) is 0.500. The largest absolute Gasteiger partial charge is 0.355 e. The van der Waals surface area contributed by atoms with Crippen LogP contribution in [0.15, 0.2) is 29.8 Å². The van der Waals surface area contributed by atoms with Crippen molar-refractivity contribution in [3.63, 3.8) is 0 Å². The third-order valence-electron chi connectivity index (χ3n) is 7.94. The van der Waals surface area contributed by atoms with Crippen molar-refractivity contribution >= 4 is 28.6 Å². The molecule has 1 saturated heterocycles. The zero-order valence-corrected chi connectivity index (χ0v) is 23.0. The summed E-state index contributed by atoms with van der Waals surface area (Å²) in [6.45, 7) is 9.94. The van der Waals surface area contributed by atoms with Crippen LogP contribution in [0.1, 0.15) is 63.1 Å². The number of rotatable bonds is 8. The number of hydrogen-bond donors (Lipinski definition) is 3. The minimum absolute atomic E-state index is 0.0824. The van der Waals surface area contributed by atoms with Gasteiger partial charge in [-0.05, 0) is 73.7 Å². The van der Waals surface area contributed by atoms with Gasteiger partial charge in [-0.15, -0.1) is 32.9 Å². The van der Waals surface area contributed by atoms with E-state index in [2.05, 4.69) is 74.1 Å². The van der Waals surface area contributed by atoms with Gasteiger partial charge in [0.1, 0.15) is 6.04 Å². The molecule has 3 aromatic heterocycles. The molecule has 4 heterocycles. The quantitative estimate of drug-likeness (QED) is 0.378. The highest BCUT2D eigenvalue weighted by Crippen LogP contribution is 2.49. The number of nitrogens with one attached hydrogen (secondary N) is 3. The van der Waals surface area contributed by atoms with E-state index in [1.54, 1.807) is 29.7 Å². The first-order valence-corrected chi connectivity index (χ1v) is 14.3. The molecule has 1 aliphatic heterocycles. The molecule has 0 aromatic carbocycles. The maximum atomic E-state index is 12.6. The van der Waals surface area contributed by atoms with Gasteiger partial charge in [0.2, 0.25) is 0 Å². The van der Waals surface area contributed by atoms with Crippen molar-refractivity contribution in [2.45, 2.75) is 57.0 Å². The van der Waals surface area contributed by atoms with Crippen LogP contribution < -0.4 is 10.6 Å². The Kier molecular flexibility index (Phi) is 7.16. The molecule has 0 spiro atoms. The van der Waals surface area contributed by atoms with E-state index in [1.807, 2.05) is 6.07 Å². The number of aromatic amines is 1. The molecule has 9 nitrogen and oxygen atoms in total. The van der Waals surface area contributed by atoms with Crippen LogP contribution in [-0.4, -0.2) is 63.7 Å². The summed E-state index contributed by atoms with van der Waals surface area (Å²) in [5, 5.41) is 33.7. The predicted octanol–water partition coefficient (Wildman–Crippen LogP) is 3.23. The van der Waals surface area contributed by atoms with Crippen LogP contribution in [0.4, 0.5) is 0 Å². The van der Waals surface area contributed by atoms with Crippen LogP contribution in [-0.2, 0) is 18.3 Å². The van der Waals surface area contributed by atoms with Gasteiger partial charge in [-0.2, -0.15) is 10.5 Å². The zero-order valence-electron chi connectivity index (χ0n) is 21.4. The molecule has 4 atom stereocenters. The predicted molar refractivity (Wildman–Crippen MR) is 145 cm³/mol. The summed E-state index contributed by atoms with van der Waals surface area (Å²) in [6.07, 6.45) is 3.34. The molecule has 194 valence electrons. The Morgan fingerprint density at radius 2 is 2.16 bits per heavy atom. The van der Waals surface area contributed by atoms with E-state index in [-0.39, 0.29) is 18.0 Å². The number of nitriles is 1. The average Bonchev–Trinajstić information content (AvgIpc) is 3.70. The molecule has 11 heteroatoms. The number of H-pyrrole nitrogens is 1. The first-order chi connectivity index (χ1) is 17.9. The second kappa shape index (κ2) is 10.4. The van der Waals surface area contributed by atoms with Crippen molar-refractivity contribution < 1.29 is 4.79 Å². The fourth-order valence-corrected chi connectivity index (χ4v) is 8.05. The highest BCUT2D eigenvalue weighted by Gasteiger charge is 2.46. The van der Waals surface area contributed by atoms with Crippen molar-refractivity contribution in [1.29, 1.82) is 5.26 Å². The number of tetrazole rings is 1. The number of amides is 1. The van der Waals surface area contributed by atoms with Gasteiger partial charge in [0.05, 0.1) is 16.4 Å². The summed E-state index contributed by atoms with van der Waals surface area (Å²) in [5.74, 6) is 0.988. The molecule has 0 saturated carbocycles. The van der Waals surface area contributed by atoms with Crippen LogP contribution in [0.25, 0.3) is 0 Å². The molecule has 3 aromatic rings. The van der Waals surface area contributed by atoms with Crippen molar-refractivity contribution in [3.05, 3.63) is 61.4 Å². The summed E-state index contributed by atoms with van der Waals surface area (Å²) < 4.78 is 0. The van der Waals surface area contributed by atoms with Crippen molar-refractivity contribution in [1.82, 2.24) is 36.2 Å². The normalized spacial score (nSPS) is 24.7. The molecule has 0 radical (unpaired) electrons. The minimum atomic E-state index is -0.629. The number of thiophene rings is 2. The highest BCUT2D eigenvalue weighted by atomic mass is 32.1. The van der Waals surface area contributed by atoms with E-state index in [1.165, 1.54) is 15.3 Å². The van der Waals surface area contributed by atoms with Gasteiger partial charge in [-0.3, -0.25) is 4.79 Å². The Morgan fingerprint density at radius 1 is 1.35 bits per heavy atom. The third-order valence-corrected chi connectivity index (χ3v) is 10.1. The van der Waals surface area contributed by atoms with E-state index in [9.17, 15) is 10.1 Å². The lowest BCUT2D eigenvalue weighted by Gasteiger charge is -2.32. The number of carbonyl (C=O) groups is 1. The number of nitrogens with zero attached hydrogens (tertiary/aromatic N) is 5. The summed E-state index contributed by atoms with van der Waals surface area (Å²) in [6, 6.07) is 6.80. The summed E-state index contributed by atoms with van der Waals surface area (Å²) in [7, 11) is 1.66. The second-order valence-electron chi connectivity index (χ2n) is 9.92. The van der Waals surface area contributed by atoms with Crippen LogP contribution in [0, 0.1) is 17.2 Å². The van der Waals surface area contributed by atoms with Gasteiger partial charge in [0.15, 0.2) is 5.82 Å². The van der Waals surface area contributed by atoms with Gasteiger partial charge < -0.3 is 15.5 Å². The molecule has 1 fully saturated rings. The smallest absolute Gasteiger partial charge is 0.261 e. The molecule has 1 amide bonds. The Balaban J connectivity index is 1.45. The van der Waals surface area contributed by atoms with Crippen LogP contribution >= 0.6 is 22.7 Å². The minimum Gasteiger partial charge on any atom is -0.355 e. The lowest BCUT2D eigenvalue weighted by atomic mass is 9.72. The Hall–Kier alpha value is -3.07. The van der Waals surface area contributed by atoms with Crippen molar-refractivity contribution in [3.8, 4) is 6.07 Å². The van der Waals surface area contributed by atoms with E-state index in [4.69, 9.17) is 0 Å². The molecule has 1 aliphatic carbocycles. The lowest BCUT2D eigenvalue weighted by Crippen LogP contribution is -2.39. The maximum Gasteiger partial charge on any atom is 0.261 e. The Labute approximate surface area is 225 Å². The third kappa shape index (κ3) is 4.37. The van der Waals surface area contributed by atoms with E-state index in [0.717, 1.165) is 30.5 Å². The van der Waals surface area contributed by atoms with Gasteiger partial charge in [0.25, 0.3) is 5.91 Å². The monoisotopic (exact) mass is 536 g/mol. The summed E-state index contributed by atoms with van der Waals surface area (Å²) in [5.41, 5.74) is 2.58. The second-order valence-corrected chi connectivity index (χ2v) is 12.1. The Bertz CT molecular complexity index is 1320. The molecule has 5 rings (SSSR count). The topological polar surface area (TPSA) is 123 Å². The van der Waals surface area contributed by atoms with Gasteiger partial charge in [-0.25, -0.2) is 0 Å².